The van der Waals surface area contributed by atoms with Gasteiger partial charge in [0, 0.05) is 18.2 Å². The van der Waals surface area contributed by atoms with E-state index in [1.165, 1.54) is 6.07 Å². The minimum absolute atomic E-state index is 0.0150. The first-order chi connectivity index (χ1) is 13.6. The fraction of sp³-hybridized carbons (Fsp3) is 0.417. The molecule has 156 valence electrons. The predicted molar refractivity (Wildman–Crippen MR) is 116 cm³/mol. The average molecular weight is 399 g/mol. The van der Waals surface area contributed by atoms with Crippen molar-refractivity contribution in [2.24, 2.45) is 5.92 Å². The normalized spacial score (nSPS) is 12.3. The van der Waals surface area contributed by atoms with Crippen molar-refractivity contribution < 1.29 is 14.0 Å². The van der Waals surface area contributed by atoms with Gasteiger partial charge in [0.15, 0.2) is 0 Å². The van der Waals surface area contributed by atoms with Crippen LogP contribution in [0.4, 0.5) is 10.1 Å². The lowest BCUT2D eigenvalue weighted by molar-refractivity contribution is -0.119. The summed E-state index contributed by atoms with van der Waals surface area (Å²) in [6.07, 6.45) is 1.26. The molecule has 0 radical (unpaired) electrons. The summed E-state index contributed by atoms with van der Waals surface area (Å²) in [4.78, 5) is 24.7. The summed E-state index contributed by atoms with van der Waals surface area (Å²) in [5, 5.41) is 5.71. The van der Waals surface area contributed by atoms with Gasteiger partial charge in [0.1, 0.15) is 5.82 Å². The summed E-state index contributed by atoms with van der Waals surface area (Å²) < 4.78 is 13.8. The highest BCUT2D eigenvalue weighted by atomic mass is 19.1. The minimum atomic E-state index is -0.521. The third-order valence-corrected chi connectivity index (χ3v) is 4.99. The lowest BCUT2D eigenvalue weighted by Gasteiger charge is -2.20. The van der Waals surface area contributed by atoms with Gasteiger partial charge in [0.2, 0.25) is 5.91 Å². The molecule has 0 fully saturated rings. The number of rotatable bonds is 7. The summed E-state index contributed by atoms with van der Waals surface area (Å²) in [6.45, 7) is 10.4. The Labute approximate surface area is 172 Å². The van der Waals surface area contributed by atoms with Crippen LogP contribution >= 0.6 is 0 Å². The molecule has 29 heavy (non-hydrogen) atoms. The SMILES string of the molecule is Cc1cccc(F)c1C(=O)NCCC[C@@H](C)C(=O)Nc1cccc(C(C)(C)C)c1. The summed E-state index contributed by atoms with van der Waals surface area (Å²) in [7, 11) is 0. The molecule has 2 N–H and O–H groups in total. The molecular formula is C24H31FN2O2. The van der Waals surface area contributed by atoms with Crippen LogP contribution in [0.25, 0.3) is 0 Å². The van der Waals surface area contributed by atoms with Gasteiger partial charge < -0.3 is 10.6 Å². The first kappa shape index (κ1) is 22.6. The molecule has 0 aliphatic rings. The second-order valence-electron chi connectivity index (χ2n) is 8.55. The van der Waals surface area contributed by atoms with Crippen molar-refractivity contribution in [3.05, 3.63) is 65.0 Å². The van der Waals surface area contributed by atoms with Crippen molar-refractivity contribution in [2.45, 2.75) is 52.9 Å². The van der Waals surface area contributed by atoms with Gasteiger partial charge in [-0.15, -0.1) is 0 Å². The van der Waals surface area contributed by atoms with E-state index in [0.717, 1.165) is 11.3 Å². The van der Waals surface area contributed by atoms with E-state index < -0.39 is 11.7 Å². The van der Waals surface area contributed by atoms with Crippen LogP contribution in [0, 0.1) is 18.7 Å². The highest BCUT2D eigenvalue weighted by Crippen LogP contribution is 2.25. The molecule has 2 aromatic carbocycles. The molecule has 0 aliphatic carbocycles. The predicted octanol–water partition coefficient (Wildman–Crippen LogP) is 5.22. The zero-order chi connectivity index (χ0) is 21.6. The molecule has 0 saturated heterocycles. The molecule has 4 nitrogen and oxygen atoms in total. The van der Waals surface area contributed by atoms with Crippen LogP contribution in [0.5, 0.6) is 0 Å². The lowest BCUT2D eigenvalue weighted by Crippen LogP contribution is -2.27. The highest BCUT2D eigenvalue weighted by Gasteiger charge is 2.17. The van der Waals surface area contributed by atoms with Crippen molar-refractivity contribution >= 4 is 17.5 Å². The topological polar surface area (TPSA) is 58.2 Å². The summed E-state index contributed by atoms with van der Waals surface area (Å²) in [5.74, 6) is -1.18. The fourth-order valence-corrected chi connectivity index (χ4v) is 3.08. The monoisotopic (exact) mass is 398 g/mol. The Hall–Kier alpha value is -2.69. The van der Waals surface area contributed by atoms with E-state index >= 15 is 0 Å². The first-order valence-electron chi connectivity index (χ1n) is 10.0. The van der Waals surface area contributed by atoms with Crippen LogP contribution in [-0.4, -0.2) is 18.4 Å². The molecule has 0 spiro atoms. The summed E-state index contributed by atoms with van der Waals surface area (Å²) >= 11 is 0. The van der Waals surface area contributed by atoms with E-state index in [9.17, 15) is 14.0 Å². The van der Waals surface area contributed by atoms with Crippen LogP contribution in [0.1, 0.15) is 62.0 Å². The molecule has 0 saturated carbocycles. The van der Waals surface area contributed by atoms with E-state index in [-0.39, 0.29) is 22.8 Å². The Morgan fingerprint density at radius 3 is 2.45 bits per heavy atom. The number of halogens is 1. The van der Waals surface area contributed by atoms with E-state index in [2.05, 4.69) is 37.5 Å². The van der Waals surface area contributed by atoms with Crippen molar-refractivity contribution in [3.63, 3.8) is 0 Å². The molecular weight excluding hydrogens is 367 g/mol. The Kier molecular flexibility index (Phi) is 7.54. The molecule has 1 atom stereocenters. The maximum atomic E-state index is 13.8. The largest absolute Gasteiger partial charge is 0.352 e. The fourth-order valence-electron chi connectivity index (χ4n) is 3.08. The Balaban J connectivity index is 1.81. The number of hydrogen-bond donors (Lipinski definition) is 2. The van der Waals surface area contributed by atoms with Gasteiger partial charge >= 0.3 is 0 Å². The lowest BCUT2D eigenvalue weighted by atomic mass is 9.87. The molecule has 2 amide bonds. The number of hydrogen-bond acceptors (Lipinski definition) is 2. The van der Waals surface area contributed by atoms with E-state index in [0.29, 0.717) is 24.9 Å². The number of benzene rings is 2. The van der Waals surface area contributed by atoms with Crippen molar-refractivity contribution in [1.82, 2.24) is 5.32 Å². The molecule has 0 aliphatic heterocycles. The minimum Gasteiger partial charge on any atom is -0.352 e. The third-order valence-electron chi connectivity index (χ3n) is 4.99. The van der Waals surface area contributed by atoms with Crippen LogP contribution in [0.3, 0.4) is 0 Å². The number of anilines is 1. The van der Waals surface area contributed by atoms with Crippen molar-refractivity contribution in [1.29, 1.82) is 0 Å². The molecule has 5 heteroatoms. The zero-order valence-electron chi connectivity index (χ0n) is 17.9. The summed E-state index contributed by atoms with van der Waals surface area (Å²) in [6, 6.07) is 12.5. The molecule has 2 aromatic rings. The standard InChI is InChI=1S/C24H31FN2O2/c1-16-9-6-13-20(25)21(16)23(29)26-14-8-10-17(2)22(28)27-19-12-7-11-18(15-19)24(3,4)5/h6-7,9,11-13,15,17H,8,10,14H2,1-5H3,(H,26,29)(H,27,28)/t17-/m1/s1. The van der Waals surface area contributed by atoms with Crippen molar-refractivity contribution in [2.75, 3.05) is 11.9 Å². The molecule has 0 aromatic heterocycles. The maximum Gasteiger partial charge on any atom is 0.254 e. The molecule has 0 unspecified atom stereocenters. The Bertz CT molecular complexity index is 851. The molecule has 2 rings (SSSR count). The van der Waals surface area contributed by atoms with Crippen LogP contribution in [0.2, 0.25) is 0 Å². The van der Waals surface area contributed by atoms with E-state index in [1.54, 1.807) is 19.1 Å². The van der Waals surface area contributed by atoms with Gasteiger partial charge in [-0.25, -0.2) is 4.39 Å². The Morgan fingerprint density at radius 2 is 1.79 bits per heavy atom. The van der Waals surface area contributed by atoms with Crippen LogP contribution in [0.15, 0.2) is 42.5 Å². The van der Waals surface area contributed by atoms with E-state index in [4.69, 9.17) is 0 Å². The maximum absolute atomic E-state index is 13.8. The van der Waals surface area contributed by atoms with Crippen LogP contribution < -0.4 is 10.6 Å². The second-order valence-corrected chi connectivity index (χ2v) is 8.55. The summed E-state index contributed by atoms with van der Waals surface area (Å²) in [5.41, 5.74) is 2.65. The average Bonchev–Trinajstić information content (AvgIpc) is 2.64. The van der Waals surface area contributed by atoms with Gasteiger partial charge in [0.25, 0.3) is 5.91 Å². The number of carbonyl (C=O) groups excluding carboxylic acids is 2. The quantitative estimate of drug-likeness (QED) is 0.629. The van der Waals surface area contributed by atoms with Gasteiger partial charge in [-0.2, -0.15) is 0 Å². The van der Waals surface area contributed by atoms with Crippen LogP contribution in [-0.2, 0) is 10.2 Å². The second kappa shape index (κ2) is 9.68. The Morgan fingerprint density at radius 1 is 1.10 bits per heavy atom. The molecule has 0 heterocycles. The van der Waals surface area contributed by atoms with E-state index in [1.807, 2.05) is 25.1 Å². The smallest absolute Gasteiger partial charge is 0.254 e. The van der Waals surface area contributed by atoms with Gasteiger partial charge in [0.05, 0.1) is 5.56 Å². The zero-order valence-corrected chi connectivity index (χ0v) is 17.9. The number of amides is 2. The first-order valence-corrected chi connectivity index (χ1v) is 10.0. The highest BCUT2D eigenvalue weighted by molar-refractivity contribution is 5.96. The molecule has 0 bridgehead atoms. The van der Waals surface area contributed by atoms with Gasteiger partial charge in [-0.1, -0.05) is 52.0 Å². The third kappa shape index (κ3) is 6.41. The number of aryl methyl sites for hydroxylation is 1. The number of carbonyl (C=O) groups is 2. The van der Waals surface area contributed by atoms with Crippen molar-refractivity contribution in [3.8, 4) is 0 Å². The van der Waals surface area contributed by atoms with Gasteiger partial charge in [-0.3, -0.25) is 9.59 Å². The number of nitrogens with one attached hydrogen (secondary N) is 2. The van der Waals surface area contributed by atoms with Gasteiger partial charge in [-0.05, 0) is 54.5 Å².